The van der Waals surface area contributed by atoms with Gasteiger partial charge in [0.25, 0.3) is 0 Å². The van der Waals surface area contributed by atoms with E-state index in [2.05, 4.69) is 15.7 Å². The molecule has 1 aliphatic rings. The molecule has 1 aromatic rings. The van der Waals surface area contributed by atoms with E-state index in [0.717, 1.165) is 30.8 Å². The van der Waals surface area contributed by atoms with Gasteiger partial charge < -0.3 is 10.6 Å². The standard InChI is InChI=1S/C13H22N4O/c1-3-11-12(9-17(2)16-11)15-13(18)8-10-6-4-5-7-14-10/h9-10,14H,3-8H2,1-2H3,(H,15,18). The third-order valence-corrected chi connectivity index (χ3v) is 3.36. The lowest BCUT2D eigenvalue weighted by atomic mass is 10.0. The number of hydrogen-bond acceptors (Lipinski definition) is 3. The first-order valence-electron chi connectivity index (χ1n) is 6.74. The van der Waals surface area contributed by atoms with Crippen molar-refractivity contribution in [1.29, 1.82) is 0 Å². The van der Waals surface area contributed by atoms with Gasteiger partial charge in [0.15, 0.2) is 0 Å². The van der Waals surface area contributed by atoms with Gasteiger partial charge in [-0.2, -0.15) is 5.10 Å². The highest BCUT2D eigenvalue weighted by Gasteiger charge is 2.17. The van der Waals surface area contributed by atoms with Gasteiger partial charge in [-0.15, -0.1) is 0 Å². The average Bonchev–Trinajstić information content (AvgIpc) is 2.70. The van der Waals surface area contributed by atoms with Crippen molar-refractivity contribution in [2.45, 2.75) is 45.1 Å². The molecule has 2 N–H and O–H groups in total. The van der Waals surface area contributed by atoms with E-state index in [1.807, 2.05) is 20.2 Å². The molecule has 0 aliphatic carbocycles. The molecule has 1 aromatic heterocycles. The van der Waals surface area contributed by atoms with Crippen LogP contribution in [-0.4, -0.2) is 28.3 Å². The van der Waals surface area contributed by atoms with Gasteiger partial charge in [-0.05, 0) is 25.8 Å². The van der Waals surface area contributed by atoms with Gasteiger partial charge in [0.05, 0.1) is 11.4 Å². The molecule has 2 heterocycles. The molecule has 1 saturated heterocycles. The van der Waals surface area contributed by atoms with E-state index < -0.39 is 0 Å². The number of rotatable bonds is 4. The van der Waals surface area contributed by atoms with Crippen LogP contribution in [0.4, 0.5) is 5.69 Å². The fraction of sp³-hybridized carbons (Fsp3) is 0.692. The summed E-state index contributed by atoms with van der Waals surface area (Å²) in [4.78, 5) is 12.0. The van der Waals surface area contributed by atoms with Gasteiger partial charge in [0.2, 0.25) is 5.91 Å². The normalized spacial score (nSPS) is 19.8. The van der Waals surface area contributed by atoms with Crippen LogP contribution >= 0.6 is 0 Å². The molecule has 0 spiro atoms. The van der Waals surface area contributed by atoms with Gasteiger partial charge in [0.1, 0.15) is 0 Å². The molecular weight excluding hydrogens is 228 g/mol. The summed E-state index contributed by atoms with van der Waals surface area (Å²) in [7, 11) is 1.87. The predicted octanol–water partition coefficient (Wildman–Crippen LogP) is 1.45. The number of amides is 1. The van der Waals surface area contributed by atoms with Crippen LogP contribution in [0, 0.1) is 0 Å². The number of carbonyl (C=O) groups is 1. The predicted molar refractivity (Wildman–Crippen MR) is 71.5 cm³/mol. The zero-order valence-electron chi connectivity index (χ0n) is 11.2. The molecule has 0 saturated carbocycles. The number of nitrogens with zero attached hydrogens (tertiary/aromatic N) is 2. The van der Waals surface area contributed by atoms with Crippen molar-refractivity contribution in [3.63, 3.8) is 0 Å². The first-order valence-corrected chi connectivity index (χ1v) is 6.74. The first kappa shape index (κ1) is 13.1. The number of nitrogens with one attached hydrogen (secondary N) is 2. The lowest BCUT2D eigenvalue weighted by molar-refractivity contribution is -0.116. The number of piperidine rings is 1. The largest absolute Gasteiger partial charge is 0.323 e. The highest BCUT2D eigenvalue weighted by atomic mass is 16.1. The van der Waals surface area contributed by atoms with E-state index in [1.165, 1.54) is 12.8 Å². The Bertz CT molecular complexity index is 407. The minimum atomic E-state index is 0.0806. The van der Waals surface area contributed by atoms with Crippen molar-refractivity contribution in [3.05, 3.63) is 11.9 Å². The summed E-state index contributed by atoms with van der Waals surface area (Å²) in [5, 5.41) is 10.7. The molecule has 1 fully saturated rings. The zero-order valence-corrected chi connectivity index (χ0v) is 11.2. The number of anilines is 1. The molecule has 5 nitrogen and oxygen atoms in total. The molecular formula is C13H22N4O. The van der Waals surface area contributed by atoms with E-state index >= 15 is 0 Å². The van der Waals surface area contributed by atoms with Gasteiger partial charge in [-0.1, -0.05) is 13.3 Å². The second-order valence-corrected chi connectivity index (χ2v) is 4.92. The topological polar surface area (TPSA) is 59.0 Å². The fourth-order valence-electron chi connectivity index (χ4n) is 2.42. The zero-order chi connectivity index (χ0) is 13.0. The van der Waals surface area contributed by atoms with Crippen LogP contribution in [0.25, 0.3) is 0 Å². The van der Waals surface area contributed by atoms with E-state index in [4.69, 9.17) is 0 Å². The average molecular weight is 250 g/mol. The van der Waals surface area contributed by atoms with E-state index in [9.17, 15) is 4.79 Å². The number of carbonyl (C=O) groups excluding carboxylic acids is 1. The van der Waals surface area contributed by atoms with Gasteiger partial charge in [0, 0.05) is 25.7 Å². The minimum absolute atomic E-state index is 0.0806. The minimum Gasteiger partial charge on any atom is -0.323 e. The molecule has 1 unspecified atom stereocenters. The number of aromatic nitrogens is 2. The van der Waals surface area contributed by atoms with Crippen LogP contribution in [0.1, 0.15) is 38.3 Å². The lowest BCUT2D eigenvalue weighted by Gasteiger charge is -2.22. The summed E-state index contributed by atoms with van der Waals surface area (Å²) < 4.78 is 1.74. The van der Waals surface area contributed by atoms with Crippen LogP contribution in [0.5, 0.6) is 0 Å². The number of aryl methyl sites for hydroxylation is 2. The monoisotopic (exact) mass is 250 g/mol. The molecule has 0 bridgehead atoms. The Morgan fingerprint density at radius 1 is 1.61 bits per heavy atom. The van der Waals surface area contributed by atoms with Crippen molar-refractivity contribution in [1.82, 2.24) is 15.1 Å². The molecule has 1 atom stereocenters. The van der Waals surface area contributed by atoms with Crippen molar-refractivity contribution in [2.75, 3.05) is 11.9 Å². The maximum atomic E-state index is 12.0. The van der Waals surface area contributed by atoms with E-state index in [1.54, 1.807) is 4.68 Å². The molecule has 0 aromatic carbocycles. The molecule has 2 rings (SSSR count). The Balaban J connectivity index is 1.89. The van der Waals surface area contributed by atoms with Crippen molar-refractivity contribution < 1.29 is 4.79 Å². The van der Waals surface area contributed by atoms with Crippen LogP contribution in [0.3, 0.4) is 0 Å². The van der Waals surface area contributed by atoms with Crippen LogP contribution in [0.15, 0.2) is 6.20 Å². The Morgan fingerprint density at radius 3 is 3.11 bits per heavy atom. The molecule has 0 radical (unpaired) electrons. The van der Waals surface area contributed by atoms with E-state index in [0.29, 0.717) is 12.5 Å². The summed E-state index contributed by atoms with van der Waals surface area (Å²) in [6.07, 6.45) is 6.79. The number of hydrogen-bond donors (Lipinski definition) is 2. The smallest absolute Gasteiger partial charge is 0.226 e. The SMILES string of the molecule is CCc1nn(C)cc1NC(=O)CC1CCCCN1. The summed E-state index contributed by atoms with van der Waals surface area (Å²) in [5.41, 5.74) is 1.79. The molecule has 1 amide bonds. The second-order valence-electron chi connectivity index (χ2n) is 4.92. The summed E-state index contributed by atoms with van der Waals surface area (Å²) >= 11 is 0. The highest BCUT2D eigenvalue weighted by molar-refractivity contribution is 5.91. The van der Waals surface area contributed by atoms with Crippen molar-refractivity contribution >= 4 is 11.6 Å². The van der Waals surface area contributed by atoms with Crippen molar-refractivity contribution in [3.8, 4) is 0 Å². The third-order valence-electron chi connectivity index (χ3n) is 3.36. The van der Waals surface area contributed by atoms with Gasteiger partial charge in [-0.25, -0.2) is 0 Å². The maximum Gasteiger partial charge on any atom is 0.226 e. The van der Waals surface area contributed by atoms with Crippen LogP contribution in [-0.2, 0) is 18.3 Å². The molecule has 100 valence electrons. The van der Waals surface area contributed by atoms with Crippen molar-refractivity contribution in [2.24, 2.45) is 7.05 Å². The lowest BCUT2D eigenvalue weighted by Crippen LogP contribution is -2.37. The molecule has 1 aliphatic heterocycles. The summed E-state index contributed by atoms with van der Waals surface area (Å²) in [5.74, 6) is 0.0806. The Labute approximate surface area is 108 Å². The van der Waals surface area contributed by atoms with Crippen LogP contribution in [0.2, 0.25) is 0 Å². The highest BCUT2D eigenvalue weighted by Crippen LogP contribution is 2.15. The summed E-state index contributed by atoms with van der Waals surface area (Å²) in [6, 6.07) is 0.334. The molecule has 5 heteroatoms. The van der Waals surface area contributed by atoms with E-state index in [-0.39, 0.29) is 5.91 Å². The first-order chi connectivity index (χ1) is 8.69. The second kappa shape index (κ2) is 6.00. The molecule has 18 heavy (non-hydrogen) atoms. The van der Waals surface area contributed by atoms with Gasteiger partial charge >= 0.3 is 0 Å². The quantitative estimate of drug-likeness (QED) is 0.850. The van der Waals surface area contributed by atoms with Crippen LogP contribution < -0.4 is 10.6 Å². The summed E-state index contributed by atoms with van der Waals surface area (Å²) in [6.45, 7) is 3.08. The Kier molecular flexibility index (Phi) is 4.36. The van der Waals surface area contributed by atoms with Gasteiger partial charge in [-0.3, -0.25) is 9.48 Å². The fourth-order valence-corrected chi connectivity index (χ4v) is 2.42. The maximum absolute atomic E-state index is 12.0. The third kappa shape index (κ3) is 3.32. The Hall–Kier alpha value is -1.36. The Morgan fingerprint density at radius 2 is 2.44 bits per heavy atom.